The molecule has 0 bridgehead atoms. The fourth-order valence-electron chi connectivity index (χ4n) is 1.97. The van der Waals surface area contributed by atoms with Crippen molar-refractivity contribution in [1.82, 2.24) is 10.0 Å². The lowest BCUT2D eigenvalue weighted by Crippen LogP contribution is -2.34. The molecule has 0 spiro atoms. The first kappa shape index (κ1) is 17.2. The summed E-state index contributed by atoms with van der Waals surface area (Å²) in [5.74, 6) is -0.223. The Kier molecular flexibility index (Phi) is 5.52. The van der Waals surface area contributed by atoms with E-state index < -0.39 is 10.0 Å². The Morgan fingerprint density at radius 3 is 1.96 bits per heavy atom. The molecule has 1 amide bonds. The van der Waals surface area contributed by atoms with Gasteiger partial charge in [0.15, 0.2) is 0 Å². The van der Waals surface area contributed by atoms with Gasteiger partial charge in [-0.3, -0.25) is 4.79 Å². The zero-order valence-corrected chi connectivity index (χ0v) is 14.0. The van der Waals surface area contributed by atoms with Crippen LogP contribution in [0.4, 0.5) is 0 Å². The highest BCUT2D eigenvalue weighted by Crippen LogP contribution is 2.09. The third-order valence-corrected chi connectivity index (χ3v) is 4.82. The molecule has 5 nitrogen and oxygen atoms in total. The molecule has 0 saturated heterocycles. The first-order valence-corrected chi connectivity index (χ1v) is 8.78. The van der Waals surface area contributed by atoms with Gasteiger partial charge in [0.1, 0.15) is 0 Å². The average molecular weight is 332 g/mol. The molecule has 2 aromatic rings. The number of carbonyl (C=O) groups excluding carboxylic acids is 1. The number of carbonyl (C=O) groups is 1. The summed E-state index contributed by atoms with van der Waals surface area (Å²) in [6.45, 7) is 4.19. The third-order valence-electron chi connectivity index (χ3n) is 3.35. The van der Waals surface area contributed by atoms with Crippen molar-refractivity contribution in [2.75, 3.05) is 13.1 Å². The van der Waals surface area contributed by atoms with E-state index in [1.165, 1.54) is 0 Å². The Morgan fingerprint density at radius 2 is 1.39 bits per heavy atom. The maximum Gasteiger partial charge on any atom is 0.251 e. The van der Waals surface area contributed by atoms with Gasteiger partial charge in [-0.25, -0.2) is 13.1 Å². The Hall–Kier alpha value is -2.18. The topological polar surface area (TPSA) is 75.3 Å². The first-order valence-electron chi connectivity index (χ1n) is 7.30. The Morgan fingerprint density at radius 1 is 0.870 bits per heavy atom. The summed E-state index contributed by atoms with van der Waals surface area (Å²) < 4.78 is 26.6. The lowest BCUT2D eigenvalue weighted by Gasteiger charge is -2.08. The van der Waals surface area contributed by atoms with Gasteiger partial charge in [0.05, 0.1) is 4.90 Å². The van der Waals surface area contributed by atoms with Crippen molar-refractivity contribution in [3.05, 3.63) is 65.2 Å². The van der Waals surface area contributed by atoms with Crippen molar-refractivity contribution in [1.29, 1.82) is 0 Å². The molecule has 2 rings (SSSR count). The molecule has 0 saturated carbocycles. The zero-order valence-electron chi connectivity index (χ0n) is 13.2. The number of nitrogens with one attached hydrogen (secondary N) is 2. The lowest BCUT2D eigenvalue weighted by atomic mass is 10.1. The minimum Gasteiger partial charge on any atom is -0.351 e. The number of rotatable bonds is 6. The number of benzene rings is 2. The van der Waals surface area contributed by atoms with E-state index in [2.05, 4.69) is 10.0 Å². The predicted molar refractivity (Wildman–Crippen MR) is 89.9 cm³/mol. The molecule has 0 atom stereocenters. The van der Waals surface area contributed by atoms with E-state index >= 15 is 0 Å². The van der Waals surface area contributed by atoms with Crippen LogP contribution in [0, 0.1) is 13.8 Å². The van der Waals surface area contributed by atoms with Gasteiger partial charge in [0.25, 0.3) is 5.91 Å². The largest absolute Gasteiger partial charge is 0.351 e. The Bertz CT molecular complexity index is 766. The molecule has 0 heterocycles. The lowest BCUT2D eigenvalue weighted by molar-refractivity contribution is 0.0954. The van der Waals surface area contributed by atoms with Gasteiger partial charge in [0.2, 0.25) is 10.0 Å². The molecule has 6 heteroatoms. The van der Waals surface area contributed by atoms with E-state index in [-0.39, 0.29) is 23.9 Å². The number of amides is 1. The normalized spacial score (nSPS) is 11.2. The van der Waals surface area contributed by atoms with Crippen molar-refractivity contribution >= 4 is 15.9 Å². The van der Waals surface area contributed by atoms with Crippen LogP contribution in [0.5, 0.6) is 0 Å². The standard InChI is InChI=1S/C17H20N2O3S/c1-13-3-7-15(8-4-13)17(20)18-11-12-19-23(21,22)16-9-5-14(2)6-10-16/h3-10,19H,11-12H2,1-2H3,(H,18,20). The number of hydrogen-bond acceptors (Lipinski definition) is 3. The predicted octanol–water partition coefficient (Wildman–Crippen LogP) is 2.01. The molecular formula is C17H20N2O3S. The summed E-state index contributed by atoms with van der Waals surface area (Å²) in [6.07, 6.45) is 0. The van der Waals surface area contributed by atoms with Crippen molar-refractivity contribution < 1.29 is 13.2 Å². The van der Waals surface area contributed by atoms with E-state index in [4.69, 9.17) is 0 Å². The Balaban J connectivity index is 1.83. The van der Waals surface area contributed by atoms with E-state index in [9.17, 15) is 13.2 Å². The molecule has 122 valence electrons. The van der Waals surface area contributed by atoms with Crippen molar-refractivity contribution in [3.63, 3.8) is 0 Å². The molecule has 0 unspecified atom stereocenters. The number of aryl methyl sites for hydroxylation is 2. The molecule has 2 aromatic carbocycles. The maximum absolute atomic E-state index is 12.1. The van der Waals surface area contributed by atoms with Crippen LogP contribution in [0.2, 0.25) is 0 Å². The van der Waals surface area contributed by atoms with Gasteiger partial charge in [0, 0.05) is 18.7 Å². The van der Waals surface area contributed by atoms with Crippen LogP contribution < -0.4 is 10.0 Å². The molecule has 0 aromatic heterocycles. The van der Waals surface area contributed by atoms with E-state index in [0.717, 1.165) is 11.1 Å². The van der Waals surface area contributed by atoms with Crippen LogP contribution >= 0.6 is 0 Å². The van der Waals surface area contributed by atoms with Crippen molar-refractivity contribution in [2.24, 2.45) is 0 Å². The summed E-state index contributed by atoms with van der Waals surface area (Å²) in [5, 5.41) is 2.69. The van der Waals surface area contributed by atoms with Crippen molar-refractivity contribution in [2.45, 2.75) is 18.7 Å². The van der Waals surface area contributed by atoms with Gasteiger partial charge in [-0.05, 0) is 38.1 Å². The monoisotopic (exact) mass is 332 g/mol. The van der Waals surface area contributed by atoms with Gasteiger partial charge >= 0.3 is 0 Å². The van der Waals surface area contributed by atoms with Crippen LogP contribution in [0.25, 0.3) is 0 Å². The Labute approximate surface area is 136 Å². The van der Waals surface area contributed by atoms with Crippen LogP contribution in [-0.2, 0) is 10.0 Å². The van der Waals surface area contributed by atoms with Crippen LogP contribution in [0.1, 0.15) is 21.5 Å². The molecule has 0 aliphatic rings. The average Bonchev–Trinajstić information content (AvgIpc) is 2.52. The molecule has 0 radical (unpaired) electrons. The zero-order chi connectivity index (χ0) is 16.9. The molecule has 2 N–H and O–H groups in total. The summed E-state index contributed by atoms with van der Waals surface area (Å²) in [7, 11) is -3.55. The van der Waals surface area contributed by atoms with Crippen LogP contribution in [0.3, 0.4) is 0 Å². The van der Waals surface area contributed by atoms with Gasteiger partial charge in [-0.2, -0.15) is 0 Å². The van der Waals surface area contributed by atoms with E-state index in [0.29, 0.717) is 5.56 Å². The highest BCUT2D eigenvalue weighted by Gasteiger charge is 2.13. The summed E-state index contributed by atoms with van der Waals surface area (Å²) in [4.78, 5) is 12.1. The first-order chi connectivity index (χ1) is 10.9. The molecule has 0 aliphatic heterocycles. The second-order valence-corrected chi connectivity index (χ2v) is 7.10. The van der Waals surface area contributed by atoms with Crippen molar-refractivity contribution in [3.8, 4) is 0 Å². The van der Waals surface area contributed by atoms with E-state index in [1.807, 2.05) is 26.0 Å². The summed E-state index contributed by atoms with van der Waals surface area (Å²) in [6, 6.07) is 13.8. The quantitative estimate of drug-likeness (QED) is 0.795. The number of sulfonamides is 1. The molecular weight excluding hydrogens is 312 g/mol. The molecule has 0 aliphatic carbocycles. The van der Waals surface area contributed by atoms with Gasteiger partial charge < -0.3 is 5.32 Å². The highest BCUT2D eigenvalue weighted by atomic mass is 32.2. The van der Waals surface area contributed by atoms with Gasteiger partial charge in [-0.15, -0.1) is 0 Å². The maximum atomic E-state index is 12.1. The highest BCUT2D eigenvalue weighted by molar-refractivity contribution is 7.89. The van der Waals surface area contributed by atoms with E-state index in [1.54, 1.807) is 36.4 Å². The van der Waals surface area contributed by atoms with Gasteiger partial charge in [-0.1, -0.05) is 35.4 Å². The fourth-order valence-corrected chi connectivity index (χ4v) is 3.00. The summed E-state index contributed by atoms with van der Waals surface area (Å²) >= 11 is 0. The minimum atomic E-state index is -3.55. The smallest absolute Gasteiger partial charge is 0.251 e. The van der Waals surface area contributed by atoms with Crippen LogP contribution in [-0.4, -0.2) is 27.4 Å². The second kappa shape index (κ2) is 7.39. The molecule has 23 heavy (non-hydrogen) atoms. The fraction of sp³-hybridized carbons (Fsp3) is 0.235. The minimum absolute atomic E-state index is 0.133. The second-order valence-electron chi connectivity index (χ2n) is 5.33. The van der Waals surface area contributed by atoms with Crippen LogP contribution in [0.15, 0.2) is 53.4 Å². The third kappa shape index (κ3) is 4.91. The molecule has 0 fully saturated rings. The SMILES string of the molecule is Cc1ccc(C(=O)NCCNS(=O)(=O)c2ccc(C)cc2)cc1. The number of hydrogen-bond donors (Lipinski definition) is 2. The summed E-state index contributed by atoms with van der Waals surface area (Å²) in [5.41, 5.74) is 2.62.